The van der Waals surface area contributed by atoms with E-state index >= 15 is 0 Å². The van der Waals surface area contributed by atoms with Gasteiger partial charge in [-0.2, -0.15) is 0 Å². The zero-order valence-corrected chi connectivity index (χ0v) is 16.9. The van der Waals surface area contributed by atoms with E-state index in [0.29, 0.717) is 6.54 Å². The van der Waals surface area contributed by atoms with Gasteiger partial charge < -0.3 is 15.2 Å². The number of piperidine rings is 1. The van der Waals surface area contributed by atoms with Crippen molar-refractivity contribution >= 4 is 11.9 Å². The Kier molecular flexibility index (Phi) is 8.45. The molecule has 0 radical (unpaired) electrons. The molecule has 1 unspecified atom stereocenters. The molecule has 148 valence electrons. The predicted octanol–water partition coefficient (Wildman–Crippen LogP) is -0.575. The molecule has 1 heterocycles. The van der Waals surface area contributed by atoms with Gasteiger partial charge in [0.25, 0.3) is 0 Å². The van der Waals surface area contributed by atoms with Gasteiger partial charge in [-0.25, -0.2) is 4.39 Å². The summed E-state index contributed by atoms with van der Waals surface area (Å²) in [7, 11) is 0. The van der Waals surface area contributed by atoms with Gasteiger partial charge in [0, 0.05) is 6.54 Å². The summed E-state index contributed by atoms with van der Waals surface area (Å²) in [6, 6.07) is 12.3. The van der Waals surface area contributed by atoms with Gasteiger partial charge in [0.2, 0.25) is 5.91 Å². The first kappa shape index (κ1) is 23.1. The standard InChI is InChI=1S/C22H25FN2O3.Li/c1-15(17-8-10-18(11-9-17)22(27)28)24-21(26)20-7-2-3-12-25(20)14-16-5-4-6-19(23)13-16;/h4-6,8-11,13,15,20H,2-3,7,12,14H2,1H3,(H,24,26)(H,27,28);/q;+1/p-1/t15-,20?;/m0./s1. The quantitative estimate of drug-likeness (QED) is 0.671. The Morgan fingerprint density at radius 1 is 1.21 bits per heavy atom. The number of carboxylic acids is 1. The Hall–Kier alpha value is -2.13. The van der Waals surface area contributed by atoms with Crippen LogP contribution in [0, 0.1) is 5.82 Å². The van der Waals surface area contributed by atoms with Gasteiger partial charge in [0.15, 0.2) is 0 Å². The number of carboxylic acid groups (broad SMARTS) is 1. The van der Waals surface area contributed by atoms with E-state index < -0.39 is 5.97 Å². The van der Waals surface area contributed by atoms with Gasteiger partial charge in [-0.05, 0) is 55.1 Å². The van der Waals surface area contributed by atoms with Crippen LogP contribution in [0.15, 0.2) is 48.5 Å². The van der Waals surface area contributed by atoms with E-state index in [9.17, 15) is 19.1 Å². The van der Waals surface area contributed by atoms with E-state index in [1.165, 1.54) is 24.3 Å². The smallest absolute Gasteiger partial charge is 0.545 e. The summed E-state index contributed by atoms with van der Waals surface area (Å²) in [5.41, 5.74) is 1.78. The van der Waals surface area contributed by atoms with Crippen LogP contribution in [-0.4, -0.2) is 29.4 Å². The number of carbonyl (C=O) groups is 2. The van der Waals surface area contributed by atoms with Crippen LogP contribution in [0.1, 0.15) is 53.7 Å². The van der Waals surface area contributed by atoms with Crippen molar-refractivity contribution in [3.05, 3.63) is 71.0 Å². The third-order valence-corrected chi connectivity index (χ3v) is 5.20. The molecule has 2 aromatic rings. The number of aromatic carboxylic acids is 1. The first-order valence-corrected chi connectivity index (χ1v) is 9.54. The first-order chi connectivity index (χ1) is 13.4. The van der Waals surface area contributed by atoms with Crippen molar-refractivity contribution in [1.29, 1.82) is 0 Å². The van der Waals surface area contributed by atoms with Crippen LogP contribution in [0.3, 0.4) is 0 Å². The van der Waals surface area contributed by atoms with Crippen LogP contribution < -0.4 is 29.3 Å². The number of nitrogens with one attached hydrogen (secondary N) is 1. The maximum Gasteiger partial charge on any atom is 1.00 e. The van der Waals surface area contributed by atoms with Crippen molar-refractivity contribution in [3.8, 4) is 0 Å². The van der Waals surface area contributed by atoms with Gasteiger partial charge in [-0.15, -0.1) is 0 Å². The number of amides is 1. The Labute approximate surface area is 182 Å². The van der Waals surface area contributed by atoms with E-state index in [-0.39, 0.29) is 48.2 Å². The van der Waals surface area contributed by atoms with Crippen molar-refractivity contribution < 1.29 is 37.9 Å². The van der Waals surface area contributed by atoms with Gasteiger partial charge in [-0.1, -0.05) is 42.8 Å². The number of likely N-dealkylation sites (tertiary alicyclic amines) is 1. The maximum atomic E-state index is 13.5. The molecule has 0 aliphatic carbocycles. The van der Waals surface area contributed by atoms with Gasteiger partial charge in [0.05, 0.1) is 18.1 Å². The molecule has 3 rings (SSSR count). The molecule has 5 nitrogen and oxygen atoms in total. The summed E-state index contributed by atoms with van der Waals surface area (Å²) in [5.74, 6) is -1.56. The summed E-state index contributed by atoms with van der Waals surface area (Å²) in [4.78, 5) is 25.9. The molecule has 2 atom stereocenters. The molecule has 0 bridgehead atoms. The molecule has 1 amide bonds. The largest absolute Gasteiger partial charge is 1.00 e. The molecule has 1 aliphatic rings. The monoisotopic (exact) mass is 390 g/mol. The fraction of sp³-hybridized carbons (Fsp3) is 0.364. The third-order valence-electron chi connectivity index (χ3n) is 5.20. The maximum absolute atomic E-state index is 13.5. The molecule has 1 fully saturated rings. The summed E-state index contributed by atoms with van der Waals surface area (Å²) < 4.78 is 13.5. The number of benzene rings is 2. The van der Waals surface area contributed by atoms with Crippen LogP contribution in [0.25, 0.3) is 0 Å². The fourth-order valence-corrected chi connectivity index (χ4v) is 3.65. The number of rotatable bonds is 6. The number of hydrogen-bond donors (Lipinski definition) is 1. The van der Waals surface area contributed by atoms with Gasteiger partial charge in [-0.3, -0.25) is 9.69 Å². The zero-order chi connectivity index (χ0) is 20.1. The third kappa shape index (κ3) is 6.17. The molecule has 0 spiro atoms. The number of hydrogen-bond acceptors (Lipinski definition) is 4. The molecular formula is C22H24FLiN2O3. The number of halogens is 1. The molecule has 1 aliphatic heterocycles. The van der Waals surface area contributed by atoms with Gasteiger partial charge >= 0.3 is 18.9 Å². The first-order valence-electron chi connectivity index (χ1n) is 9.54. The van der Waals surface area contributed by atoms with Crippen LogP contribution in [-0.2, 0) is 11.3 Å². The predicted molar refractivity (Wildman–Crippen MR) is 102 cm³/mol. The molecule has 1 saturated heterocycles. The van der Waals surface area contributed by atoms with E-state index in [0.717, 1.165) is 36.9 Å². The van der Waals surface area contributed by atoms with E-state index in [1.807, 2.05) is 13.0 Å². The van der Waals surface area contributed by atoms with E-state index in [1.54, 1.807) is 18.2 Å². The second kappa shape index (κ2) is 10.6. The Morgan fingerprint density at radius 2 is 1.93 bits per heavy atom. The second-order valence-corrected chi connectivity index (χ2v) is 7.25. The SMILES string of the molecule is C[C@H](NC(=O)C1CCCCN1Cc1cccc(F)c1)c1ccc(C(=O)[O-])cc1.[Li+]. The summed E-state index contributed by atoms with van der Waals surface area (Å²) in [5, 5.41) is 13.9. The molecule has 0 aromatic heterocycles. The van der Waals surface area contributed by atoms with Crippen molar-refractivity contribution in [1.82, 2.24) is 10.2 Å². The molecule has 2 aromatic carbocycles. The minimum absolute atomic E-state index is 0. The Bertz CT molecular complexity index is 844. The molecule has 0 saturated carbocycles. The summed E-state index contributed by atoms with van der Waals surface area (Å²) in [6.45, 7) is 3.19. The number of carbonyl (C=O) groups excluding carboxylic acids is 2. The minimum atomic E-state index is -1.22. The van der Waals surface area contributed by atoms with Crippen molar-refractivity contribution in [3.63, 3.8) is 0 Å². The molecule has 29 heavy (non-hydrogen) atoms. The zero-order valence-electron chi connectivity index (χ0n) is 16.9. The van der Waals surface area contributed by atoms with Gasteiger partial charge in [0.1, 0.15) is 5.82 Å². The summed E-state index contributed by atoms with van der Waals surface area (Å²) >= 11 is 0. The fourth-order valence-electron chi connectivity index (χ4n) is 3.65. The van der Waals surface area contributed by atoms with Crippen molar-refractivity contribution in [2.24, 2.45) is 0 Å². The topological polar surface area (TPSA) is 72.5 Å². The van der Waals surface area contributed by atoms with Crippen LogP contribution in [0.2, 0.25) is 0 Å². The van der Waals surface area contributed by atoms with E-state index in [4.69, 9.17) is 0 Å². The number of nitrogens with zero attached hydrogens (tertiary/aromatic N) is 1. The van der Waals surface area contributed by atoms with Crippen LogP contribution in [0.4, 0.5) is 4.39 Å². The average molecular weight is 390 g/mol. The van der Waals surface area contributed by atoms with Crippen molar-refractivity contribution in [2.45, 2.75) is 44.8 Å². The van der Waals surface area contributed by atoms with Crippen LogP contribution in [0.5, 0.6) is 0 Å². The molecule has 7 heteroatoms. The van der Waals surface area contributed by atoms with Crippen molar-refractivity contribution in [2.75, 3.05) is 6.54 Å². The summed E-state index contributed by atoms with van der Waals surface area (Å²) in [6.07, 6.45) is 2.75. The normalized spacial score (nSPS) is 17.8. The minimum Gasteiger partial charge on any atom is -0.545 e. The van der Waals surface area contributed by atoms with E-state index in [2.05, 4.69) is 10.2 Å². The molecule has 1 N–H and O–H groups in total. The Morgan fingerprint density at radius 3 is 2.59 bits per heavy atom. The Balaban J connectivity index is 0.00000300. The average Bonchev–Trinajstić information content (AvgIpc) is 2.68. The second-order valence-electron chi connectivity index (χ2n) is 7.25. The molecular weight excluding hydrogens is 366 g/mol. The van der Waals surface area contributed by atoms with Crippen LogP contribution >= 0.6 is 0 Å².